The molecule has 8 nitrogen and oxygen atoms in total. The Morgan fingerprint density at radius 3 is 2.94 bits per heavy atom. The maximum Gasteiger partial charge on any atom is 0.270 e. The van der Waals surface area contributed by atoms with Crippen molar-refractivity contribution in [2.75, 3.05) is 20.1 Å². The smallest absolute Gasteiger partial charge is 0.270 e. The molecule has 3 heterocycles. The third-order valence-corrected chi connectivity index (χ3v) is 6.00. The van der Waals surface area contributed by atoms with Crippen LogP contribution in [0.5, 0.6) is 0 Å². The molecule has 1 fully saturated rings. The van der Waals surface area contributed by atoms with Gasteiger partial charge in [-0.25, -0.2) is 15.4 Å². The van der Waals surface area contributed by atoms with Gasteiger partial charge in [0.15, 0.2) is 0 Å². The molecule has 0 spiro atoms. The number of hydrazine groups is 1. The van der Waals surface area contributed by atoms with Crippen LogP contribution in [0, 0.1) is 0 Å². The third-order valence-electron chi connectivity index (χ3n) is 6.00. The Hall–Kier alpha value is -3.19. The Bertz CT molecular complexity index is 981. The summed E-state index contributed by atoms with van der Waals surface area (Å²) in [6, 6.07) is 4.79. The van der Waals surface area contributed by atoms with Crippen LogP contribution in [0.2, 0.25) is 0 Å². The minimum absolute atomic E-state index is 0.106. The van der Waals surface area contributed by atoms with E-state index in [9.17, 15) is 9.59 Å². The van der Waals surface area contributed by atoms with Crippen molar-refractivity contribution in [3.05, 3.63) is 66.4 Å². The molecule has 0 aromatic carbocycles. The van der Waals surface area contributed by atoms with Gasteiger partial charge in [0, 0.05) is 44.2 Å². The van der Waals surface area contributed by atoms with Crippen molar-refractivity contribution in [1.82, 2.24) is 31.0 Å². The number of rotatable bonds is 9. The van der Waals surface area contributed by atoms with Crippen molar-refractivity contribution in [2.45, 2.75) is 57.7 Å². The van der Waals surface area contributed by atoms with E-state index in [0.717, 1.165) is 31.3 Å². The van der Waals surface area contributed by atoms with Gasteiger partial charge in [0.2, 0.25) is 5.91 Å². The number of aromatic nitrogens is 1. The van der Waals surface area contributed by atoms with E-state index in [0.29, 0.717) is 24.5 Å². The lowest BCUT2D eigenvalue weighted by atomic mass is 10.1. The molecule has 0 radical (unpaired) electrons. The van der Waals surface area contributed by atoms with Gasteiger partial charge >= 0.3 is 0 Å². The van der Waals surface area contributed by atoms with Crippen molar-refractivity contribution in [1.29, 1.82) is 0 Å². The van der Waals surface area contributed by atoms with E-state index in [-0.39, 0.29) is 23.9 Å². The number of carbonyl (C=O) groups excluding carboxylic acids is 2. The molecule has 3 rings (SSSR count). The number of unbranched alkanes of at least 4 members (excludes halogenated alkanes) is 2. The topological polar surface area (TPSA) is 89.6 Å². The monoisotopic (exact) mass is 464 g/mol. The third kappa shape index (κ3) is 6.67. The number of likely N-dealkylation sites (N-methyl/N-ethyl adjacent to an activating group) is 1. The second kappa shape index (κ2) is 12.3. The van der Waals surface area contributed by atoms with Gasteiger partial charge in [-0.2, -0.15) is 0 Å². The first-order valence-electron chi connectivity index (χ1n) is 12.0. The van der Waals surface area contributed by atoms with Crippen LogP contribution in [0.25, 0.3) is 5.57 Å². The zero-order chi connectivity index (χ0) is 24.5. The summed E-state index contributed by atoms with van der Waals surface area (Å²) in [5, 5.41) is 7.80. The Labute approximate surface area is 202 Å². The first-order valence-corrected chi connectivity index (χ1v) is 12.0. The number of nitrogens with zero attached hydrogens (tertiary/aromatic N) is 3. The lowest BCUT2D eigenvalue weighted by Gasteiger charge is -2.21. The molecule has 1 aromatic rings. The maximum atomic E-state index is 13.1. The molecule has 0 bridgehead atoms. The van der Waals surface area contributed by atoms with Gasteiger partial charge in [-0.05, 0) is 31.9 Å². The van der Waals surface area contributed by atoms with Crippen molar-refractivity contribution < 1.29 is 9.59 Å². The van der Waals surface area contributed by atoms with E-state index in [1.54, 1.807) is 6.07 Å². The van der Waals surface area contributed by atoms with Gasteiger partial charge in [-0.15, -0.1) is 5.73 Å². The van der Waals surface area contributed by atoms with Gasteiger partial charge < -0.3 is 15.5 Å². The number of hydrogen-bond acceptors (Lipinski definition) is 6. The molecule has 2 aliphatic heterocycles. The Kier molecular flexibility index (Phi) is 9.22. The van der Waals surface area contributed by atoms with Crippen LogP contribution in [-0.4, -0.2) is 65.0 Å². The number of hydrogen-bond donors (Lipinski definition) is 3. The van der Waals surface area contributed by atoms with Crippen molar-refractivity contribution in [3.8, 4) is 0 Å². The second-order valence-electron chi connectivity index (χ2n) is 8.83. The van der Waals surface area contributed by atoms with Crippen LogP contribution >= 0.6 is 0 Å². The maximum absolute atomic E-state index is 13.1. The summed E-state index contributed by atoms with van der Waals surface area (Å²) in [6.07, 6.45) is 11.9. The Morgan fingerprint density at radius 2 is 2.18 bits per heavy atom. The normalized spacial score (nSPS) is 22.5. The van der Waals surface area contributed by atoms with E-state index in [1.165, 1.54) is 0 Å². The SMILES string of the molecule is C=C=CN1C=C(c2cccc(C(=O)NC3CN(C)NC3C(=O)NCCCCC)n2)C=CCC1C. The van der Waals surface area contributed by atoms with Crippen LogP contribution in [-0.2, 0) is 4.79 Å². The van der Waals surface area contributed by atoms with Crippen LogP contribution in [0.1, 0.15) is 55.7 Å². The summed E-state index contributed by atoms with van der Waals surface area (Å²) < 4.78 is 0. The molecule has 3 N–H and O–H groups in total. The van der Waals surface area contributed by atoms with E-state index in [1.807, 2.05) is 47.6 Å². The first kappa shape index (κ1) is 25.4. The largest absolute Gasteiger partial charge is 0.355 e. The summed E-state index contributed by atoms with van der Waals surface area (Å²) in [4.78, 5) is 32.4. The minimum atomic E-state index is -0.521. The van der Waals surface area contributed by atoms with Crippen molar-refractivity contribution in [2.24, 2.45) is 0 Å². The van der Waals surface area contributed by atoms with Crippen LogP contribution in [0.15, 0.2) is 55.1 Å². The molecular weight excluding hydrogens is 428 g/mol. The molecule has 1 aromatic heterocycles. The zero-order valence-corrected chi connectivity index (χ0v) is 20.4. The average Bonchev–Trinajstić information content (AvgIpc) is 3.09. The van der Waals surface area contributed by atoms with Crippen LogP contribution < -0.4 is 16.1 Å². The molecule has 3 unspecified atom stereocenters. The molecule has 0 aliphatic carbocycles. The molecule has 34 heavy (non-hydrogen) atoms. The minimum Gasteiger partial charge on any atom is -0.355 e. The number of allylic oxidation sites excluding steroid dienone is 2. The fourth-order valence-electron chi connectivity index (χ4n) is 4.08. The molecule has 2 aliphatic rings. The molecule has 8 heteroatoms. The summed E-state index contributed by atoms with van der Waals surface area (Å²) in [6.45, 7) is 9.08. The fourth-order valence-corrected chi connectivity index (χ4v) is 4.08. The second-order valence-corrected chi connectivity index (χ2v) is 8.83. The first-order chi connectivity index (χ1) is 16.4. The predicted octanol–water partition coefficient (Wildman–Crippen LogP) is 2.59. The van der Waals surface area contributed by atoms with Crippen LogP contribution in [0.4, 0.5) is 0 Å². The van der Waals surface area contributed by atoms with Gasteiger partial charge in [0.05, 0.1) is 11.7 Å². The fraction of sp³-hybridized carbons (Fsp3) is 0.462. The van der Waals surface area contributed by atoms with E-state index < -0.39 is 6.04 Å². The molecule has 182 valence electrons. The summed E-state index contributed by atoms with van der Waals surface area (Å²) in [5.74, 6) is -0.409. The quantitative estimate of drug-likeness (QED) is 0.385. The van der Waals surface area contributed by atoms with Crippen molar-refractivity contribution in [3.63, 3.8) is 0 Å². The Balaban J connectivity index is 1.71. The predicted molar refractivity (Wildman–Crippen MR) is 134 cm³/mol. The number of amides is 2. The molecule has 1 saturated heterocycles. The average molecular weight is 465 g/mol. The highest BCUT2D eigenvalue weighted by atomic mass is 16.2. The van der Waals surface area contributed by atoms with E-state index in [4.69, 9.17) is 0 Å². The molecular formula is C26H36N6O2. The Morgan fingerprint density at radius 1 is 1.35 bits per heavy atom. The van der Waals surface area contributed by atoms with Gasteiger partial charge in [-0.1, -0.05) is 44.6 Å². The summed E-state index contributed by atoms with van der Waals surface area (Å²) in [7, 11) is 1.86. The van der Waals surface area contributed by atoms with Crippen LogP contribution in [0.3, 0.4) is 0 Å². The standard InChI is InChI=1S/C26H36N6O2/c1-5-7-8-15-27-26(34)24-23(18-31(4)30-24)29-25(33)22-14-10-13-21(28-22)20-12-9-11-19(3)32(17-20)16-6-2/h9-10,12-14,16-17,19,23-24,30H,2,5,7-8,11,15,18H2,1,3-4H3,(H,27,34)(H,29,33). The summed E-state index contributed by atoms with van der Waals surface area (Å²) >= 11 is 0. The zero-order valence-electron chi connectivity index (χ0n) is 20.4. The number of nitrogens with one attached hydrogen (secondary N) is 3. The molecule has 3 atom stereocenters. The lowest BCUT2D eigenvalue weighted by Crippen LogP contribution is -2.53. The van der Waals surface area contributed by atoms with Gasteiger partial charge in [-0.3, -0.25) is 9.59 Å². The van der Waals surface area contributed by atoms with Gasteiger partial charge in [0.1, 0.15) is 11.7 Å². The summed E-state index contributed by atoms with van der Waals surface area (Å²) in [5.41, 5.74) is 7.88. The van der Waals surface area contributed by atoms with E-state index >= 15 is 0 Å². The van der Waals surface area contributed by atoms with E-state index in [2.05, 4.69) is 53.3 Å². The number of pyridine rings is 1. The van der Waals surface area contributed by atoms with Crippen molar-refractivity contribution >= 4 is 17.4 Å². The highest BCUT2D eigenvalue weighted by Crippen LogP contribution is 2.21. The van der Waals surface area contributed by atoms with Gasteiger partial charge in [0.25, 0.3) is 5.91 Å². The lowest BCUT2D eigenvalue weighted by molar-refractivity contribution is -0.123. The number of carbonyl (C=O) groups is 2. The highest BCUT2D eigenvalue weighted by Gasteiger charge is 2.37. The highest BCUT2D eigenvalue weighted by molar-refractivity contribution is 5.94. The molecule has 0 saturated carbocycles. The molecule has 2 amide bonds.